The van der Waals surface area contributed by atoms with E-state index in [0.29, 0.717) is 11.3 Å². The molecule has 1 aromatic heterocycles. The molecule has 2 aliphatic heterocycles. The average molecular weight is 399 g/mol. The minimum Gasteiger partial charge on any atom is -0.508 e. The van der Waals surface area contributed by atoms with Gasteiger partial charge in [0, 0.05) is 24.7 Å². The predicted molar refractivity (Wildman–Crippen MR) is 98.6 cm³/mol. The molecule has 1 unspecified atom stereocenters. The number of hydrogen-bond donors (Lipinski definition) is 2. The Morgan fingerprint density at radius 3 is 2.59 bits per heavy atom. The number of aryl methyl sites for hydroxylation is 2. The van der Waals surface area contributed by atoms with Crippen LogP contribution in [0, 0.1) is 0 Å². The molecule has 3 heterocycles. The van der Waals surface area contributed by atoms with Crippen LogP contribution in [0.4, 0.5) is 18.9 Å². The molecule has 0 spiro atoms. The van der Waals surface area contributed by atoms with Gasteiger partial charge in [-0.1, -0.05) is 24.3 Å². The number of rotatable bonds is 2. The van der Waals surface area contributed by atoms with Crippen LogP contribution in [-0.4, -0.2) is 20.6 Å². The molecule has 5 nitrogen and oxygen atoms in total. The van der Waals surface area contributed by atoms with Crippen LogP contribution >= 0.6 is 0 Å². The third-order valence-electron chi connectivity index (χ3n) is 5.70. The van der Waals surface area contributed by atoms with Crippen molar-refractivity contribution in [2.45, 2.75) is 31.0 Å². The van der Waals surface area contributed by atoms with Crippen molar-refractivity contribution >= 4 is 11.6 Å². The van der Waals surface area contributed by atoms with Crippen LogP contribution in [0.2, 0.25) is 0 Å². The van der Waals surface area contributed by atoms with E-state index in [4.69, 9.17) is 0 Å². The molecule has 0 fully saturated rings. The summed E-state index contributed by atoms with van der Waals surface area (Å²) in [6.07, 6.45) is -1.16. The number of halogens is 3. The summed E-state index contributed by atoms with van der Waals surface area (Å²) in [5.74, 6) is 0.219. The van der Waals surface area contributed by atoms with Crippen molar-refractivity contribution in [3.05, 3.63) is 76.9 Å². The molecule has 8 heteroatoms. The molecule has 2 N–H and O–H groups in total. The van der Waals surface area contributed by atoms with Gasteiger partial charge in [-0.05, 0) is 30.2 Å². The fourth-order valence-corrected chi connectivity index (χ4v) is 4.40. The highest BCUT2D eigenvalue weighted by Gasteiger charge is 2.54. The van der Waals surface area contributed by atoms with Gasteiger partial charge >= 0.3 is 6.18 Å². The number of aromatic nitrogens is 2. The Hall–Kier alpha value is -3.29. The Morgan fingerprint density at radius 2 is 1.90 bits per heavy atom. The predicted octanol–water partition coefficient (Wildman–Crippen LogP) is 3.84. The van der Waals surface area contributed by atoms with E-state index in [1.165, 1.54) is 24.3 Å². The number of benzene rings is 2. The largest absolute Gasteiger partial charge is 0.508 e. The Morgan fingerprint density at radius 1 is 1.14 bits per heavy atom. The van der Waals surface area contributed by atoms with Crippen LogP contribution in [0.3, 0.4) is 0 Å². The third kappa shape index (κ3) is 2.41. The lowest BCUT2D eigenvalue weighted by Crippen LogP contribution is -2.37. The highest BCUT2D eigenvalue weighted by molar-refractivity contribution is 6.11. The Labute approximate surface area is 163 Å². The van der Waals surface area contributed by atoms with Crippen molar-refractivity contribution in [3.63, 3.8) is 0 Å². The van der Waals surface area contributed by atoms with E-state index in [1.54, 1.807) is 18.3 Å². The number of para-hydroxylation sites is 1. The van der Waals surface area contributed by atoms with E-state index < -0.39 is 23.1 Å². The minimum atomic E-state index is -4.61. The number of carbonyl (C=O) groups excluding carboxylic acids is 1. The molecule has 0 saturated carbocycles. The van der Waals surface area contributed by atoms with Crippen molar-refractivity contribution < 1.29 is 23.1 Å². The summed E-state index contributed by atoms with van der Waals surface area (Å²) in [4.78, 5) is 18.0. The van der Waals surface area contributed by atoms with Gasteiger partial charge in [0.15, 0.2) is 0 Å². The van der Waals surface area contributed by atoms with Crippen molar-refractivity contribution in [1.82, 2.24) is 9.55 Å². The molecular weight excluding hydrogens is 383 g/mol. The standard InChI is InChI=1S/C21H16F3N3O2/c22-21(23,24)15-4-1-3-14-18(15)26-19(29)20(14,12-6-8-13(28)9-7-12)16-11-27-10-2-5-17(27)25-16/h1,3-4,6-9,11,28H,2,5,10H2,(H,26,29). The lowest BCUT2D eigenvalue weighted by atomic mass is 9.72. The monoisotopic (exact) mass is 399 g/mol. The summed E-state index contributed by atoms with van der Waals surface area (Å²) in [6, 6.07) is 9.72. The zero-order valence-electron chi connectivity index (χ0n) is 15.1. The Bertz CT molecular complexity index is 1110. The summed E-state index contributed by atoms with van der Waals surface area (Å²) in [5.41, 5.74) is -1.63. The van der Waals surface area contributed by atoms with E-state index in [2.05, 4.69) is 10.3 Å². The quantitative estimate of drug-likeness (QED) is 0.688. The summed E-state index contributed by atoms with van der Waals surface area (Å²) < 4.78 is 42.8. The Balaban J connectivity index is 1.83. The molecule has 5 rings (SSSR count). The van der Waals surface area contributed by atoms with Gasteiger partial charge in [-0.3, -0.25) is 4.79 Å². The third-order valence-corrected chi connectivity index (χ3v) is 5.70. The molecule has 0 radical (unpaired) electrons. The maximum Gasteiger partial charge on any atom is 0.418 e. The zero-order chi connectivity index (χ0) is 20.4. The molecule has 2 aliphatic rings. The Kier molecular flexibility index (Phi) is 3.59. The molecule has 0 aliphatic carbocycles. The number of hydrogen-bond acceptors (Lipinski definition) is 3. The van der Waals surface area contributed by atoms with Gasteiger partial charge in [-0.2, -0.15) is 13.2 Å². The number of amides is 1. The van der Waals surface area contributed by atoms with Gasteiger partial charge < -0.3 is 15.0 Å². The van der Waals surface area contributed by atoms with Gasteiger partial charge in [-0.25, -0.2) is 4.98 Å². The first-order chi connectivity index (χ1) is 13.8. The van der Waals surface area contributed by atoms with Crippen LogP contribution in [0.5, 0.6) is 5.75 Å². The van der Waals surface area contributed by atoms with Crippen molar-refractivity contribution in [2.75, 3.05) is 5.32 Å². The topological polar surface area (TPSA) is 67.2 Å². The first kappa shape index (κ1) is 17.8. The van der Waals surface area contributed by atoms with Gasteiger partial charge in [-0.15, -0.1) is 0 Å². The fourth-order valence-electron chi connectivity index (χ4n) is 4.40. The highest BCUT2D eigenvalue weighted by Crippen LogP contribution is 2.51. The first-order valence-corrected chi connectivity index (χ1v) is 9.20. The number of phenolic OH excluding ortho intramolecular Hbond substituents is 1. The smallest absolute Gasteiger partial charge is 0.418 e. The lowest BCUT2D eigenvalue weighted by molar-refractivity contribution is -0.136. The number of carbonyl (C=O) groups is 1. The van der Waals surface area contributed by atoms with Gasteiger partial charge in [0.2, 0.25) is 5.91 Å². The number of alkyl halides is 3. The number of nitrogens with zero attached hydrogens (tertiary/aromatic N) is 2. The fraction of sp³-hybridized carbons (Fsp3) is 0.238. The molecule has 3 aromatic rings. The van der Waals surface area contributed by atoms with Crippen LogP contribution in [0.1, 0.15) is 34.6 Å². The second-order valence-corrected chi connectivity index (χ2v) is 7.32. The maximum atomic E-state index is 13.6. The lowest BCUT2D eigenvalue weighted by Gasteiger charge is -2.27. The summed E-state index contributed by atoms with van der Waals surface area (Å²) >= 11 is 0. The summed E-state index contributed by atoms with van der Waals surface area (Å²) in [6.45, 7) is 0.755. The van der Waals surface area contributed by atoms with E-state index in [0.717, 1.165) is 31.3 Å². The second kappa shape index (κ2) is 5.85. The van der Waals surface area contributed by atoms with Gasteiger partial charge in [0.05, 0.1) is 16.9 Å². The average Bonchev–Trinajstić information content (AvgIpc) is 3.33. The van der Waals surface area contributed by atoms with E-state index in [1.807, 2.05) is 4.57 Å². The van der Waals surface area contributed by atoms with Gasteiger partial charge in [0.1, 0.15) is 17.0 Å². The molecule has 148 valence electrons. The SMILES string of the molecule is O=C1Nc2c(C(F)(F)F)cccc2C1(c1ccc(O)cc1)c1cn2c(n1)CCC2. The molecule has 0 bridgehead atoms. The molecule has 29 heavy (non-hydrogen) atoms. The van der Waals surface area contributed by atoms with Crippen LogP contribution in [0.25, 0.3) is 0 Å². The zero-order valence-corrected chi connectivity index (χ0v) is 15.1. The van der Waals surface area contributed by atoms with E-state index in [-0.39, 0.29) is 17.0 Å². The van der Waals surface area contributed by atoms with E-state index in [9.17, 15) is 23.1 Å². The summed E-state index contributed by atoms with van der Waals surface area (Å²) in [5, 5.41) is 12.2. The molecule has 1 amide bonds. The number of phenols is 1. The highest BCUT2D eigenvalue weighted by atomic mass is 19.4. The molecular formula is C21H16F3N3O2. The number of nitrogens with one attached hydrogen (secondary N) is 1. The van der Waals surface area contributed by atoms with Crippen molar-refractivity contribution in [3.8, 4) is 5.75 Å². The molecule has 2 aromatic carbocycles. The summed E-state index contributed by atoms with van der Waals surface area (Å²) in [7, 11) is 0. The number of aromatic hydroxyl groups is 1. The van der Waals surface area contributed by atoms with Gasteiger partial charge in [0.25, 0.3) is 0 Å². The van der Waals surface area contributed by atoms with Crippen LogP contribution in [0.15, 0.2) is 48.7 Å². The molecule has 0 saturated heterocycles. The van der Waals surface area contributed by atoms with Crippen molar-refractivity contribution in [2.24, 2.45) is 0 Å². The number of imidazole rings is 1. The maximum absolute atomic E-state index is 13.6. The normalized spacial score (nSPS) is 20.4. The number of fused-ring (bicyclic) bond motifs is 2. The second-order valence-electron chi connectivity index (χ2n) is 7.32. The van der Waals surface area contributed by atoms with Crippen LogP contribution in [-0.2, 0) is 29.4 Å². The number of anilines is 1. The van der Waals surface area contributed by atoms with Crippen molar-refractivity contribution in [1.29, 1.82) is 0 Å². The molecule has 1 atom stereocenters. The minimum absolute atomic E-state index is 0.00101. The van der Waals surface area contributed by atoms with Crippen LogP contribution < -0.4 is 5.32 Å². The first-order valence-electron chi connectivity index (χ1n) is 9.20. The van der Waals surface area contributed by atoms with E-state index >= 15 is 0 Å².